The molecule has 1 aliphatic rings. The number of aromatic nitrogens is 1. The Morgan fingerprint density at radius 3 is 2.62 bits per heavy atom. The predicted molar refractivity (Wildman–Crippen MR) is 163 cm³/mol. The number of furan rings is 1. The lowest BCUT2D eigenvalue weighted by atomic mass is 9.95. The Morgan fingerprint density at radius 1 is 1.12 bits per heavy atom. The smallest absolute Gasteiger partial charge is 0.229 e. The summed E-state index contributed by atoms with van der Waals surface area (Å²) in [5.41, 5.74) is 3.51. The van der Waals surface area contributed by atoms with Crippen LogP contribution in [-0.4, -0.2) is 23.1 Å². The molecule has 2 atom stereocenters. The van der Waals surface area contributed by atoms with E-state index in [1.165, 1.54) is 0 Å². The van der Waals surface area contributed by atoms with Crippen molar-refractivity contribution in [3.63, 3.8) is 0 Å². The summed E-state index contributed by atoms with van der Waals surface area (Å²) in [6.07, 6.45) is 1.76. The average molecular weight is 575 g/mol. The molecule has 0 saturated carbocycles. The maximum Gasteiger partial charge on any atom is 0.229 e. The molecular weight excluding hydrogens is 544 g/mol. The summed E-state index contributed by atoms with van der Waals surface area (Å²) in [4.78, 5) is 19.3. The van der Waals surface area contributed by atoms with Crippen LogP contribution < -0.4 is 20.3 Å². The normalized spacial score (nSPS) is 17.1. The lowest BCUT2D eigenvalue weighted by molar-refractivity contribution is -0.123. The summed E-state index contributed by atoms with van der Waals surface area (Å²) in [5.74, 6) is 1.84. The van der Waals surface area contributed by atoms with Gasteiger partial charge < -0.3 is 24.7 Å². The number of methoxy groups -OCH3 is 1. The highest BCUT2D eigenvalue weighted by Crippen LogP contribution is 2.45. The summed E-state index contributed by atoms with van der Waals surface area (Å²) < 4.78 is 12.2. The number of carbonyl (C=O) groups is 1. The Morgan fingerprint density at radius 2 is 1.93 bits per heavy atom. The van der Waals surface area contributed by atoms with Gasteiger partial charge >= 0.3 is 0 Å². The number of rotatable bonds is 6. The van der Waals surface area contributed by atoms with Gasteiger partial charge in [0.25, 0.3) is 0 Å². The van der Waals surface area contributed by atoms with Gasteiger partial charge in [-0.3, -0.25) is 9.78 Å². The topological polar surface area (TPSA) is 79.6 Å². The van der Waals surface area contributed by atoms with Crippen LogP contribution in [0.2, 0.25) is 5.02 Å². The number of hydrogen-bond donors (Lipinski definition) is 2. The standard InChI is InChI=1S/C31H31ClN4O3S/c1-18-20(9-8-10-21(18)32)24-14-15-25(39-24)28-27(23-11-6-7-16-33-23)35-30(40)36(28)19-12-13-22(26(17-19)38-5)34-29(37)31(2,3)4/h6-17,27-28H,1-5H3,(H,34,37)(H,35,40)/t27-,28-/m0/s1. The van der Waals surface area contributed by atoms with Gasteiger partial charge in [-0.25, -0.2) is 0 Å². The van der Waals surface area contributed by atoms with Gasteiger partial charge in [0.15, 0.2) is 5.11 Å². The zero-order valence-corrected chi connectivity index (χ0v) is 24.6. The zero-order chi connectivity index (χ0) is 28.6. The Balaban J connectivity index is 1.57. The SMILES string of the molecule is COc1cc(N2C(=S)N[C@@H](c3ccccn3)[C@@H]2c2ccc(-c3cccc(Cl)c3C)o2)ccc1NC(=O)C(C)(C)C. The minimum absolute atomic E-state index is 0.107. The second-order valence-corrected chi connectivity index (χ2v) is 11.5. The molecule has 0 radical (unpaired) electrons. The van der Waals surface area contributed by atoms with E-state index in [2.05, 4.69) is 15.6 Å². The number of nitrogens with one attached hydrogen (secondary N) is 2. The molecule has 1 amide bonds. The number of nitrogens with zero attached hydrogens (tertiary/aromatic N) is 2. The lowest BCUT2D eigenvalue weighted by Gasteiger charge is -2.27. The minimum Gasteiger partial charge on any atom is -0.494 e. The van der Waals surface area contributed by atoms with Gasteiger partial charge in [0.05, 0.1) is 24.5 Å². The summed E-state index contributed by atoms with van der Waals surface area (Å²) >= 11 is 12.3. The van der Waals surface area contributed by atoms with Crippen molar-refractivity contribution >= 4 is 46.2 Å². The van der Waals surface area contributed by atoms with E-state index in [0.29, 0.717) is 33.1 Å². The van der Waals surface area contributed by atoms with Crippen molar-refractivity contribution in [2.24, 2.45) is 5.41 Å². The Bertz CT molecular complexity index is 1560. The van der Waals surface area contributed by atoms with Crippen LogP contribution in [0.4, 0.5) is 11.4 Å². The van der Waals surface area contributed by atoms with Gasteiger partial charge in [-0.05, 0) is 67.2 Å². The quantitative estimate of drug-likeness (QED) is 0.231. The maximum atomic E-state index is 12.7. The van der Waals surface area contributed by atoms with Crippen molar-refractivity contribution in [1.82, 2.24) is 10.3 Å². The number of thiocarbonyl (C=S) groups is 1. The van der Waals surface area contributed by atoms with Crippen LogP contribution in [-0.2, 0) is 4.79 Å². The van der Waals surface area contributed by atoms with Crippen molar-refractivity contribution in [2.75, 3.05) is 17.3 Å². The average Bonchev–Trinajstić information content (AvgIpc) is 3.55. The van der Waals surface area contributed by atoms with Gasteiger partial charge in [-0.1, -0.05) is 50.6 Å². The van der Waals surface area contributed by atoms with E-state index >= 15 is 0 Å². The van der Waals surface area contributed by atoms with E-state index < -0.39 is 5.41 Å². The second kappa shape index (κ2) is 10.9. The maximum absolute atomic E-state index is 12.7. The van der Waals surface area contributed by atoms with Crippen molar-refractivity contribution in [3.8, 4) is 17.1 Å². The molecule has 0 aliphatic carbocycles. The van der Waals surface area contributed by atoms with Crippen molar-refractivity contribution < 1.29 is 13.9 Å². The van der Waals surface area contributed by atoms with Crippen LogP contribution in [0.1, 0.15) is 49.9 Å². The van der Waals surface area contributed by atoms with E-state index in [0.717, 1.165) is 22.5 Å². The summed E-state index contributed by atoms with van der Waals surface area (Å²) in [6.45, 7) is 7.56. The highest BCUT2D eigenvalue weighted by atomic mass is 35.5. The largest absolute Gasteiger partial charge is 0.494 e. The fourth-order valence-electron chi connectivity index (χ4n) is 4.70. The third-order valence-electron chi connectivity index (χ3n) is 6.94. The van der Waals surface area contributed by atoms with Gasteiger partial charge in [0.1, 0.15) is 23.3 Å². The molecule has 0 spiro atoms. The first kappa shape index (κ1) is 27.7. The molecule has 2 aromatic carbocycles. The highest BCUT2D eigenvalue weighted by Gasteiger charge is 2.43. The molecule has 1 fully saturated rings. The number of carbonyl (C=O) groups excluding carboxylic acids is 1. The van der Waals surface area contributed by atoms with Crippen molar-refractivity contribution in [2.45, 2.75) is 39.8 Å². The molecule has 2 N–H and O–H groups in total. The molecule has 9 heteroatoms. The van der Waals surface area contributed by atoms with Crippen molar-refractivity contribution in [1.29, 1.82) is 0 Å². The molecule has 3 heterocycles. The molecule has 40 heavy (non-hydrogen) atoms. The lowest BCUT2D eigenvalue weighted by Crippen LogP contribution is -2.30. The number of ether oxygens (including phenoxy) is 1. The first-order valence-electron chi connectivity index (χ1n) is 12.9. The molecule has 4 aromatic rings. The molecule has 206 valence electrons. The zero-order valence-electron chi connectivity index (χ0n) is 23.0. The number of anilines is 2. The molecule has 0 unspecified atom stereocenters. The first-order chi connectivity index (χ1) is 19.1. The number of hydrogen-bond acceptors (Lipinski definition) is 5. The molecule has 0 bridgehead atoms. The Kier molecular flexibility index (Phi) is 7.57. The fourth-order valence-corrected chi connectivity index (χ4v) is 5.22. The highest BCUT2D eigenvalue weighted by molar-refractivity contribution is 7.80. The number of halogens is 1. The number of amides is 1. The molecule has 7 nitrogen and oxygen atoms in total. The molecule has 5 rings (SSSR count). The molecule has 1 aliphatic heterocycles. The molecular formula is C31H31ClN4O3S. The van der Waals surface area contributed by atoms with E-state index in [1.54, 1.807) is 13.3 Å². The molecule has 2 aromatic heterocycles. The Labute approximate surface area is 244 Å². The minimum atomic E-state index is -0.552. The van der Waals surface area contributed by atoms with Gasteiger partial charge in [0, 0.05) is 34.0 Å². The van der Waals surface area contributed by atoms with Gasteiger partial charge in [0.2, 0.25) is 5.91 Å². The van der Waals surface area contributed by atoms with E-state index in [-0.39, 0.29) is 18.0 Å². The third kappa shape index (κ3) is 5.29. The monoisotopic (exact) mass is 574 g/mol. The summed E-state index contributed by atoms with van der Waals surface area (Å²) in [5, 5.41) is 7.61. The van der Waals surface area contributed by atoms with Crippen LogP contribution in [0.25, 0.3) is 11.3 Å². The second-order valence-electron chi connectivity index (χ2n) is 10.7. The Hall–Kier alpha value is -3.88. The van der Waals surface area contributed by atoms with Crippen LogP contribution in [0.5, 0.6) is 5.75 Å². The van der Waals surface area contributed by atoms with Gasteiger partial charge in [-0.15, -0.1) is 0 Å². The third-order valence-corrected chi connectivity index (χ3v) is 7.67. The van der Waals surface area contributed by atoms with E-state index in [9.17, 15) is 4.79 Å². The summed E-state index contributed by atoms with van der Waals surface area (Å²) in [7, 11) is 1.58. The van der Waals surface area contributed by atoms with Crippen LogP contribution in [0, 0.1) is 12.3 Å². The predicted octanol–water partition coefficient (Wildman–Crippen LogP) is 7.47. The van der Waals surface area contributed by atoms with Crippen LogP contribution >= 0.6 is 23.8 Å². The fraction of sp³-hybridized carbons (Fsp3) is 0.258. The van der Waals surface area contributed by atoms with Crippen LogP contribution in [0.15, 0.2) is 77.3 Å². The van der Waals surface area contributed by atoms with Crippen molar-refractivity contribution in [3.05, 3.63) is 95.0 Å². The van der Waals surface area contributed by atoms with Crippen LogP contribution in [0.3, 0.4) is 0 Å². The molecule has 1 saturated heterocycles. The number of pyridine rings is 1. The van der Waals surface area contributed by atoms with Gasteiger partial charge in [-0.2, -0.15) is 0 Å². The van der Waals surface area contributed by atoms with E-state index in [4.69, 9.17) is 33.0 Å². The summed E-state index contributed by atoms with van der Waals surface area (Å²) in [6, 6.07) is 20.5. The van der Waals surface area contributed by atoms with E-state index in [1.807, 2.05) is 99.3 Å². The number of benzene rings is 2. The first-order valence-corrected chi connectivity index (χ1v) is 13.7.